The molecule has 0 saturated carbocycles. The number of hydrogen-bond donors (Lipinski definition) is 1. The van der Waals surface area contributed by atoms with Crippen molar-refractivity contribution in [3.63, 3.8) is 0 Å². The van der Waals surface area contributed by atoms with Gasteiger partial charge in [0.2, 0.25) is 0 Å². The van der Waals surface area contributed by atoms with Crippen molar-refractivity contribution in [1.29, 1.82) is 0 Å². The summed E-state index contributed by atoms with van der Waals surface area (Å²) in [4.78, 5) is 23.7. The van der Waals surface area contributed by atoms with Crippen LogP contribution in [0.4, 0.5) is 4.79 Å². The van der Waals surface area contributed by atoms with E-state index in [2.05, 4.69) is 5.32 Å². The lowest BCUT2D eigenvalue weighted by atomic mass is 10.0. The van der Waals surface area contributed by atoms with E-state index in [0.29, 0.717) is 28.5 Å². The van der Waals surface area contributed by atoms with Gasteiger partial charge in [-0.05, 0) is 52.3 Å². The number of rotatable bonds is 5. The Morgan fingerprint density at radius 1 is 1.23 bits per heavy atom. The third-order valence-corrected chi connectivity index (χ3v) is 3.55. The molecule has 0 saturated heterocycles. The van der Waals surface area contributed by atoms with E-state index < -0.39 is 11.7 Å². The molecule has 1 aromatic carbocycles. The second-order valence-electron chi connectivity index (χ2n) is 6.14. The summed E-state index contributed by atoms with van der Waals surface area (Å²) in [6.07, 6.45) is 0.328. The number of Topliss-reactive ketones (excluding diaryl/α,β-unsaturated/α-hetero) is 1. The number of benzene rings is 1. The van der Waals surface area contributed by atoms with Crippen LogP contribution in [0.1, 0.15) is 50.9 Å². The molecule has 0 aromatic heterocycles. The maximum absolute atomic E-state index is 12.1. The fourth-order valence-electron chi connectivity index (χ4n) is 1.74. The lowest BCUT2D eigenvalue weighted by Crippen LogP contribution is -2.37. The molecule has 22 heavy (non-hydrogen) atoms. The second-order valence-corrected chi connectivity index (χ2v) is 6.95. The van der Waals surface area contributed by atoms with E-state index in [4.69, 9.17) is 27.9 Å². The van der Waals surface area contributed by atoms with Crippen molar-refractivity contribution >= 4 is 35.1 Å². The first-order chi connectivity index (χ1) is 10.1. The summed E-state index contributed by atoms with van der Waals surface area (Å²) in [5.74, 6) is -0.0450. The molecular weight excluding hydrogens is 325 g/mol. The Balaban J connectivity index is 2.46. The highest BCUT2D eigenvalue weighted by Crippen LogP contribution is 2.23. The molecule has 1 N–H and O–H groups in total. The lowest BCUT2D eigenvalue weighted by Gasteiger charge is -2.21. The summed E-state index contributed by atoms with van der Waals surface area (Å²) in [6.45, 7) is 7.22. The zero-order valence-corrected chi connectivity index (χ0v) is 14.7. The fraction of sp³-hybridized carbons (Fsp3) is 0.500. The standard InChI is InChI=1S/C16H21Cl2NO3/c1-10(19-15(21)22-16(2,3)4)5-8-14(20)11-6-7-12(17)13(18)9-11/h6-7,9-10H,5,8H2,1-4H3,(H,19,21). The average molecular weight is 346 g/mol. The van der Waals surface area contributed by atoms with E-state index >= 15 is 0 Å². The van der Waals surface area contributed by atoms with Crippen molar-refractivity contribution in [2.45, 2.75) is 52.2 Å². The first-order valence-corrected chi connectivity index (χ1v) is 7.82. The minimum absolute atomic E-state index is 0.0450. The van der Waals surface area contributed by atoms with Crippen molar-refractivity contribution in [2.24, 2.45) is 0 Å². The molecule has 0 fully saturated rings. The Kier molecular flexibility index (Phi) is 6.69. The summed E-state index contributed by atoms with van der Waals surface area (Å²) < 4.78 is 5.16. The summed E-state index contributed by atoms with van der Waals surface area (Å²) >= 11 is 11.7. The normalized spacial score (nSPS) is 12.6. The minimum Gasteiger partial charge on any atom is -0.444 e. The number of carbonyl (C=O) groups excluding carboxylic acids is 2. The number of amides is 1. The highest BCUT2D eigenvalue weighted by molar-refractivity contribution is 6.42. The molecule has 0 aliphatic heterocycles. The predicted molar refractivity (Wildman–Crippen MR) is 88.9 cm³/mol. The zero-order valence-electron chi connectivity index (χ0n) is 13.2. The number of alkyl carbamates (subject to hydrolysis) is 1. The third kappa shape index (κ3) is 6.67. The lowest BCUT2D eigenvalue weighted by molar-refractivity contribution is 0.0504. The van der Waals surface area contributed by atoms with Gasteiger partial charge in [0.15, 0.2) is 5.78 Å². The Labute approximate surface area is 141 Å². The largest absolute Gasteiger partial charge is 0.444 e. The van der Waals surface area contributed by atoms with Crippen LogP contribution in [0.2, 0.25) is 10.0 Å². The van der Waals surface area contributed by atoms with E-state index in [1.807, 2.05) is 6.92 Å². The fourth-order valence-corrected chi connectivity index (χ4v) is 2.04. The van der Waals surface area contributed by atoms with Crippen LogP contribution < -0.4 is 5.32 Å². The summed E-state index contributed by atoms with van der Waals surface area (Å²) in [6, 6.07) is 4.63. The number of carbonyl (C=O) groups is 2. The third-order valence-electron chi connectivity index (χ3n) is 2.81. The van der Waals surface area contributed by atoms with Crippen molar-refractivity contribution in [3.8, 4) is 0 Å². The maximum atomic E-state index is 12.1. The molecular formula is C16H21Cl2NO3. The van der Waals surface area contributed by atoms with Gasteiger partial charge in [0.1, 0.15) is 5.60 Å². The van der Waals surface area contributed by atoms with Crippen LogP contribution in [0.25, 0.3) is 0 Å². The van der Waals surface area contributed by atoms with Gasteiger partial charge in [-0.15, -0.1) is 0 Å². The van der Waals surface area contributed by atoms with Gasteiger partial charge in [0, 0.05) is 18.0 Å². The molecule has 0 bridgehead atoms. The molecule has 0 radical (unpaired) electrons. The van der Waals surface area contributed by atoms with Crippen LogP contribution in [0.3, 0.4) is 0 Å². The molecule has 1 atom stereocenters. The van der Waals surface area contributed by atoms with Gasteiger partial charge in [-0.1, -0.05) is 23.2 Å². The molecule has 0 spiro atoms. The first-order valence-electron chi connectivity index (χ1n) is 7.06. The number of ether oxygens (including phenoxy) is 1. The van der Waals surface area contributed by atoms with Gasteiger partial charge in [0.05, 0.1) is 10.0 Å². The molecule has 1 amide bonds. The van der Waals surface area contributed by atoms with Crippen LogP contribution in [0, 0.1) is 0 Å². The molecule has 0 heterocycles. The number of hydrogen-bond acceptors (Lipinski definition) is 3. The first kappa shape index (κ1) is 18.8. The van der Waals surface area contributed by atoms with Crippen LogP contribution in [-0.2, 0) is 4.74 Å². The number of ketones is 1. The van der Waals surface area contributed by atoms with E-state index in [1.54, 1.807) is 39.0 Å². The van der Waals surface area contributed by atoms with E-state index in [-0.39, 0.29) is 11.8 Å². The van der Waals surface area contributed by atoms with Crippen LogP contribution >= 0.6 is 23.2 Å². The molecule has 1 unspecified atom stereocenters. The second kappa shape index (κ2) is 7.84. The van der Waals surface area contributed by atoms with E-state index in [0.717, 1.165) is 0 Å². The monoisotopic (exact) mass is 345 g/mol. The number of halogens is 2. The van der Waals surface area contributed by atoms with Gasteiger partial charge < -0.3 is 10.1 Å². The summed E-state index contributed by atoms with van der Waals surface area (Å²) in [7, 11) is 0. The molecule has 1 aromatic rings. The summed E-state index contributed by atoms with van der Waals surface area (Å²) in [5, 5.41) is 3.47. The van der Waals surface area contributed by atoms with E-state index in [9.17, 15) is 9.59 Å². The Bertz CT molecular complexity index is 553. The highest BCUT2D eigenvalue weighted by atomic mass is 35.5. The van der Waals surface area contributed by atoms with Gasteiger partial charge >= 0.3 is 6.09 Å². The van der Waals surface area contributed by atoms with Crippen molar-refractivity contribution in [2.75, 3.05) is 0 Å². The highest BCUT2D eigenvalue weighted by Gasteiger charge is 2.18. The zero-order chi connectivity index (χ0) is 16.9. The molecule has 0 aliphatic rings. The predicted octanol–water partition coefficient (Wildman–Crippen LogP) is 4.87. The Hall–Kier alpha value is -1.26. The summed E-state index contributed by atoms with van der Waals surface area (Å²) in [5.41, 5.74) is -0.0291. The Morgan fingerprint density at radius 3 is 2.41 bits per heavy atom. The molecule has 122 valence electrons. The van der Waals surface area contributed by atoms with Crippen LogP contribution in [0.15, 0.2) is 18.2 Å². The minimum atomic E-state index is -0.542. The molecule has 0 aliphatic carbocycles. The average Bonchev–Trinajstić information content (AvgIpc) is 2.36. The van der Waals surface area contributed by atoms with Crippen LogP contribution in [-0.4, -0.2) is 23.5 Å². The van der Waals surface area contributed by atoms with E-state index in [1.165, 1.54) is 0 Å². The van der Waals surface area contributed by atoms with Crippen molar-refractivity contribution in [1.82, 2.24) is 5.32 Å². The Morgan fingerprint density at radius 2 is 1.86 bits per heavy atom. The number of nitrogens with one attached hydrogen (secondary N) is 1. The molecule has 6 heteroatoms. The van der Waals surface area contributed by atoms with Gasteiger partial charge in [-0.3, -0.25) is 4.79 Å². The SMILES string of the molecule is CC(CCC(=O)c1ccc(Cl)c(Cl)c1)NC(=O)OC(C)(C)C. The smallest absolute Gasteiger partial charge is 0.407 e. The molecule has 1 rings (SSSR count). The topological polar surface area (TPSA) is 55.4 Å². The van der Waals surface area contributed by atoms with Gasteiger partial charge in [-0.2, -0.15) is 0 Å². The van der Waals surface area contributed by atoms with Crippen LogP contribution in [0.5, 0.6) is 0 Å². The van der Waals surface area contributed by atoms with Gasteiger partial charge in [-0.25, -0.2) is 4.79 Å². The van der Waals surface area contributed by atoms with Crippen molar-refractivity contribution in [3.05, 3.63) is 33.8 Å². The van der Waals surface area contributed by atoms with Gasteiger partial charge in [0.25, 0.3) is 0 Å². The maximum Gasteiger partial charge on any atom is 0.407 e. The quantitative estimate of drug-likeness (QED) is 0.774. The molecule has 4 nitrogen and oxygen atoms in total. The van der Waals surface area contributed by atoms with Crippen molar-refractivity contribution < 1.29 is 14.3 Å².